The molecule has 174 valence electrons. The maximum Gasteiger partial charge on any atom is 0.266 e. The van der Waals surface area contributed by atoms with Gasteiger partial charge in [0, 0.05) is 25.3 Å². The van der Waals surface area contributed by atoms with Crippen molar-refractivity contribution in [3.8, 4) is 11.5 Å². The van der Waals surface area contributed by atoms with E-state index >= 15 is 0 Å². The summed E-state index contributed by atoms with van der Waals surface area (Å²) in [6.45, 7) is 7.79. The summed E-state index contributed by atoms with van der Waals surface area (Å²) in [5.74, 6) is 1.26. The number of aliphatic imine (C=N–C) groups is 1. The highest BCUT2D eigenvalue weighted by molar-refractivity contribution is 8.18. The Hall–Kier alpha value is -2.97. The monoisotopic (exact) mass is 467 g/mol. The lowest BCUT2D eigenvalue weighted by Gasteiger charge is -2.28. The van der Waals surface area contributed by atoms with E-state index in [-0.39, 0.29) is 5.91 Å². The van der Waals surface area contributed by atoms with Gasteiger partial charge in [-0.25, -0.2) is 4.99 Å². The van der Waals surface area contributed by atoms with Crippen LogP contribution in [-0.4, -0.2) is 63.0 Å². The number of hydrogen-bond donors (Lipinski definition) is 0. The Morgan fingerprint density at radius 1 is 1.09 bits per heavy atom. The minimum Gasteiger partial charge on any atom is -0.493 e. The molecule has 1 amide bonds. The topological polar surface area (TPSA) is 63.6 Å². The van der Waals surface area contributed by atoms with E-state index in [1.807, 2.05) is 44.2 Å². The van der Waals surface area contributed by atoms with Gasteiger partial charge in [0.2, 0.25) is 0 Å². The first-order valence-corrected chi connectivity index (χ1v) is 11.8. The van der Waals surface area contributed by atoms with Crippen LogP contribution in [0.15, 0.2) is 46.3 Å². The molecule has 33 heavy (non-hydrogen) atoms. The zero-order chi connectivity index (χ0) is 23.4. The molecular weight excluding hydrogens is 438 g/mol. The van der Waals surface area contributed by atoms with Crippen LogP contribution in [0.3, 0.4) is 0 Å². The van der Waals surface area contributed by atoms with Crippen LogP contribution >= 0.6 is 11.8 Å². The first-order chi connectivity index (χ1) is 16.0. The Balaban J connectivity index is 1.58. The fraction of sp³-hybridized carbons (Fsp3) is 0.360. The minimum atomic E-state index is -0.0413. The number of aryl methyl sites for hydroxylation is 1. The van der Waals surface area contributed by atoms with Crippen LogP contribution < -0.4 is 14.4 Å². The largest absolute Gasteiger partial charge is 0.493 e. The fourth-order valence-corrected chi connectivity index (χ4v) is 4.89. The van der Waals surface area contributed by atoms with Crippen LogP contribution in [-0.2, 0) is 9.53 Å². The molecule has 2 aliphatic heterocycles. The Morgan fingerprint density at radius 2 is 1.76 bits per heavy atom. The van der Waals surface area contributed by atoms with E-state index < -0.39 is 0 Å². The molecule has 2 saturated heterocycles. The maximum absolute atomic E-state index is 13.1. The maximum atomic E-state index is 13.1. The average Bonchev–Trinajstić information content (AvgIpc) is 3.14. The predicted octanol–water partition coefficient (Wildman–Crippen LogP) is 4.47. The number of nitrogens with zero attached hydrogens (tertiary/aromatic N) is 3. The van der Waals surface area contributed by atoms with E-state index in [0.29, 0.717) is 28.1 Å². The molecule has 0 N–H and O–H groups in total. The molecule has 0 unspecified atom stereocenters. The number of rotatable bonds is 6. The molecule has 2 fully saturated rings. The van der Waals surface area contributed by atoms with E-state index in [9.17, 15) is 4.79 Å². The third-order valence-corrected chi connectivity index (χ3v) is 6.72. The van der Waals surface area contributed by atoms with E-state index in [0.717, 1.165) is 48.8 Å². The van der Waals surface area contributed by atoms with Crippen molar-refractivity contribution in [2.45, 2.75) is 13.8 Å². The van der Waals surface area contributed by atoms with Gasteiger partial charge in [-0.3, -0.25) is 9.69 Å². The number of thioether (sulfide) groups is 1. The average molecular weight is 468 g/mol. The van der Waals surface area contributed by atoms with E-state index in [4.69, 9.17) is 19.2 Å². The quantitative estimate of drug-likeness (QED) is 0.584. The molecule has 2 aromatic rings. The summed E-state index contributed by atoms with van der Waals surface area (Å²) < 4.78 is 16.2. The number of methoxy groups -OCH3 is 2. The number of hydrogen-bond acceptors (Lipinski definition) is 7. The van der Waals surface area contributed by atoms with Crippen molar-refractivity contribution in [1.82, 2.24) is 4.90 Å². The van der Waals surface area contributed by atoms with Gasteiger partial charge >= 0.3 is 0 Å². The van der Waals surface area contributed by atoms with Crippen LogP contribution in [0.4, 0.5) is 11.4 Å². The molecule has 4 rings (SSSR count). The summed E-state index contributed by atoms with van der Waals surface area (Å²) in [5.41, 5.74) is 3.90. The number of benzene rings is 2. The molecule has 0 radical (unpaired) electrons. The zero-order valence-corrected chi connectivity index (χ0v) is 20.3. The van der Waals surface area contributed by atoms with Crippen molar-refractivity contribution < 1.29 is 19.0 Å². The van der Waals surface area contributed by atoms with Crippen LogP contribution in [0.5, 0.6) is 11.5 Å². The molecule has 8 heteroatoms. The van der Waals surface area contributed by atoms with Gasteiger partial charge in [-0.1, -0.05) is 0 Å². The van der Waals surface area contributed by atoms with Gasteiger partial charge in [0.1, 0.15) is 0 Å². The molecule has 0 spiro atoms. The van der Waals surface area contributed by atoms with Crippen molar-refractivity contribution in [1.29, 1.82) is 0 Å². The van der Waals surface area contributed by atoms with Gasteiger partial charge in [0.25, 0.3) is 5.91 Å². The molecule has 0 saturated carbocycles. The predicted molar refractivity (Wildman–Crippen MR) is 134 cm³/mol. The van der Waals surface area contributed by atoms with Crippen LogP contribution in [0, 0.1) is 6.92 Å². The van der Waals surface area contributed by atoms with Crippen molar-refractivity contribution in [3.63, 3.8) is 0 Å². The first-order valence-electron chi connectivity index (χ1n) is 11.0. The lowest BCUT2D eigenvalue weighted by Crippen LogP contribution is -2.36. The van der Waals surface area contributed by atoms with Gasteiger partial charge in [0.05, 0.1) is 38.0 Å². The summed E-state index contributed by atoms with van der Waals surface area (Å²) in [5, 5.41) is 0.686. The van der Waals surface area contributed by atoms with Crippen molar-refractivity contribution in [3.05, 3.63) is 52.4 Å². The fourth-order valence-electron chi connectivity index (χ4n) is 3.83. The first kappa shape index (κ1) is 23.2. The number of carbonyl (C=O) groups excluding carboxylic acids is 1. The van der Waals surface area contributed by atoms with Crippen molar-refractivity contribution in [2.75, 3.05) is 52.0 Å². The molecule has 0 aliphatic carbocycles. The highest BCUT2D eigenvalue weighted by atomic mass is 32.2. The van der Waals surface area contributed by atoms with Crippen molar-refractivity contribution in [2.24, 2.45) is 4.99 Å². The highest BCUT2D eigenvalue weighted by Crippen LogP contribution is 2.37. The van der Waals surface area contributed by atoms with Gasteiger partial charge < -0.3 is 19.1 Å². The van der Waals surface area contributed by atoms with Crippen LogP contribution in [0.2, 0.25) is 0 Å². The number of morpholine rings is 1. The molecular formula is C25H29N3O4S. The Morgan fingerprint density at radius 3 is 2.39 bits per heavy atom. The number of likely N-dealkylation sites (N-methyl/N-ethyl adjacent to an activating group) is 1. The highest BCUT2D eigenvalue weighted by Gasteiger charge is 2.32. The number of amides is 1. The van der Waals surface area contributed by atoms with E-state index in [1.165, 1.54) is 11.8 Å². The molecule has 0 aromatic heterocycles. The summed E-state index contributed by atoms with van der Waals surface area (Å²) in [6, 6.07) is 12.0. The molecule has 2 aromatic carbocycles. The molecule has 0 bridgehead atoms. The minimum absolute atomic E-state index is 0.0413. The van der Waals surface area contributed by atoms with Crippen molar-refractivity contribution >= 4 is 40.3 Å². The second-order valence-electron chi connectivity index (χ2n) is 7.73. The number of anilines is 1. The molecule has 2 aliphatic rings. The van der Waals surface area contributed by atoms with Crippen LogP contribution in [0.1, 0.15) is 18.1 Å². The smallest absolute Gasteiger partial charge is 0.266 e. The van der Waals surface area contributed by atoms with E-state index in [2.05, 4.69) is 17.0 Å². The van der Waals surface area contributed by atoms with Crippen LogP contribution in [0.25, 0.3) is 6.08 Å². The standard InChI is InChI=1S/C25H29N3O4S/c1-5-28-24(29)23(16-18-15-22(31-4)21(30-3)14-17(18)2)33-25(28)26-19-6-8-20(9-7-19)27-10-12-32-13-11-27/h6-9,14-16H,5,10-13H2,1-4H3/b23-16-,26-25?. The number of amidine groups is 1. The summed E-state index contributed by atoms with van der Waals surface area (Å²) >= 11 is 1.39. The molecule has 2 heterocycles. The number of ether oxygens (including phenoxy) is 3. The second kappa shape index (κ2) is 10.3. The normalized spacial score (nSPS) is 19.0. The summed E-state index contributed by atoms with van der Waals surface area (Å²) in [4.78, 5) is 22.5. The SMILES string of the molecule is CCN1C(=O)/C(=C/c2cc(OC)c(OC)cc2C)SC1=Nc1ccc(N2CCOCC2)cc1. The zero-order valence-electron chi connectivity index (χ0n) is 19.5. The summed E-state index contributed by atoms with van der Waals surface area (Å²) in [6.07, 6.45) is 1.90. The third-order valence-electron chi connectivity index (χ3n) is 5.71. The lowest BCUT2D eigenvalue weighted by atomic mass is 10.1. The van der Waals surface area contributed by atoms with Gasteiger partial charge in [-0.05, 0) is 79.2 Å². The van der Waals surface area contributed by atoms with Gasteiger partial charge in [-0.2, -0.15) is 0 Å². The Kier molecular flexibility index (Phi) is 7.25. The number of carbonyl (C=O) groups is 1. The Labute approximate surface area is 199 Å². The van der Waals surface area contributed by atoms with Gasteiger partial charge in [-0.15, -0.1) is 0 Å². The second-order valence-corrected chi connectivity index (χ2v) is 8.74. The lowest BCUT2D eigenvalue weighted by molar-refractivity contribution is -0.122. The summed E-state index contributed by atoms with van der Waals surface area (Å²) in [7, 11) is 3.22. The van der Waals surface area contributed by atoms with E-state index in [1.54, 1.807) is 19.1 Å². The molecule has 0 atom stereocenters. The Bertz CT molecular complexity index is 1080. The molecule has 7 nitrogen and oxygen atoms in total. The third kappa shape index (κ3) is 5.02. The van der Waals surface area contributed by atoms with Gasteiger partial charge in [0.15, 0.2) is 16.7 Å².